The fourth-order valence-electron chi connectivity index (χ4n) is 2.51. The highest BCUT2D eigenvalue weighted by atomic mass is 32.1. The number of rotatable bonds is 0. The number of fused-ring (bicyclic) bond motifs is 2. The van der Waals surface area contributed by atoms with Crippen molar-refractivity contribution < 1.29 is 4.74 Å². The number of hydrogen-bond acceptors (Lipinski definition) is 4. The quantitative estimate of drug-likeness (QED) is 0.700. The van der Waals surface area contributed by atoms with Crippen LogP contribution in [-0.2, 0) is 16.7 Å². The van der Waals surface area contributed by atoms with E-state index in [-0.39, 0.29) is 5.41 Å². The molecular formula is C10H14N2OS. The second kappa shape index (κ2) is 3.29. The Bertz CT molecular complexity index is 331. The average molecular weight is 210 g/mol. The first-order valence-electron chi connectivity index (χ1n) is 5.13. The first-order valence-corrected chi connectivity index (χ1v) is 5.91. The summed E-state index contributed by atoms with van der Waals surface area (Å²) in [4.78, 5) is 1.47. The van der Waals surface area contributed by atoms with Crippen molar-refractivity contribution in [2.45, 2.75) is 24.8 Å². The predicted octanol–water partition coefficient (Wildman–Crippen LogP) is 1.29. The molecule has 1 saturated heterocycles. The molecule has 0 amide bonds. The molecule has 3 nitrogen and oxygen atoms in total. The van der Waals surface area contributed by atoms with Gasteiger partial charge < -0.3 is 10.1 Å². The largest absolute Gasteiger partial charge is 0.380 e. The van der Waals surface area contributed by atoms with E-state index in [0.717, 1.165) is 26.3 Å². The summed E-state index contributed by atoms with van der Waals surface area (Å²) in [6.07, 6.45) is 4.43. The van der Waals surface area contributed by atoms with E-state index in [1.54, 1.807) is 11.5 Å². The van der Waals surface area contributed by atoms with Crippen LogP contribution in [0.25, 0.3) is 0 Å². The van der Waals surface area contributed by atoms with Crippen LogP contribution in [0.2, 0.25) is 0 Å². The average Bonchev–Trinajstić information content (AvgIpc) is 2.69. The normalized spacial score (nSPS) is 31.7. The van der Waals surface area contributed by atoms with Gasteiger partial charge in [-0.25, -0.2) is 4.37 Å². The zero-order valence-electron chi connectivity index (χ0n) is 8.08. The maximum Gasteiger partial charge on any atom is 0.0583 e. The summed E-state index contributed by atoms with van der Waals surface area (Å²) in [5, 5.41) is 3.47. The molecule has 1 spiro atoms. The molecule has 1 unspecified atom stereocenters. The summed E-state index contributed by atoms with van der Waals surface area (Å²) in [7, 11) is 0. The van der Waals surface area contributed by atoms with Crippen molar-refractivity contribution >= 4 is 11.5 Å². The van der Waals surface area contributed by atoms with Crippen molar-refractivity contribution in [3.63, 3.8) is 0 Å². The third-order valence-electron chi connectivity index (χ3n) is 3.23. The molecule has 2 aliphatic rings. The van der Waals surface area contributed by atoms with Crippen molar-refractivity contribution in [1.29, 1.82) is 0 Å². The maximum atomic E-state index is 5.63. The highest BCUT2D eigenvalue weighted by Gasteiger charge is 2.39. The molecule has 3 rings (SSSR count). The van der Waals surface area contributed by atoms with Gasteiger partial charge in [-0.1, -0.05) is 0 Å². The molecule has 3 heterocycles. The molecule has 1 atom stereocenters. The summed E-state index contributed by atoms with van der Waals surface area (Å²) in [5.74, 6) is 0. The minimum Gasteiger partial charge on any atom is -0.380 e. The molecule has 1 aromatic heterocycles. The van der Waals surface area contributed by atoms with Crippen LogP contribution in [0.15, 0.2) is 6.20 Å². The molecule has 0 bridgehead atoms. The zero-order chi connectivity index (χ0) is 9.43. The third-order valence-corrected chi connectivity index (χ3v) is 4.32. The summed E-state index contributed by atoms with van der Waals surface area (Å²) in [6.45, 7) is 3.83. The van der Waals surface area contributed by atoms with E-state index in [9.17, 15) is 0 Å². The van der Waals surface area contributed by atoms with Crippen LogP contribution in [0.1, 0.15) is 23.3 Å². The fraction of sp³-hybridized carbons (Fsp3) is 0.700. The van der Waals surface area contributed by atoms with Crippen molar-refractivity contribution in [3.8, 4) is 0 Å². The van der Waals surface area contributed by atoms with Gasteiger partial charge in [0.15, 0.2) is 0 Å². The van der Waals surface area contributed by atoms with Gasteiger partial charge in [0.25, 0.3) is 0 Å². The van der Waals surface area contributed by atoms with Gasteiger partial charge in [0.1, 0.15) is 0 Å². The van der Waals surface area contributed by atoms with Gasteiger partial charge in [0, 0.05) is 41.7 Å². The molecule has 76 valence electrons. The Morgan fingerprint density at radius 2 is 2.57 bits per heavy atom. The summed E-state index contributed by atoms with van der Waals surface area (Å²) >= 11 is 1.66. The monoisotopic (exact) mass is 210 g/mol. The van der Waals surface area contributed by atoms with E-state index in [0.29, 0.717) is 0 Å². The lowest BCUT2D eigenvalue weighted by atomic mass is 9.78. The second-order valence-corrected chi connectivity index (χ2v) is 5.02. The highest BCUT2D eigenvalue weighted by molar-refractivity contribution is 7.06. The van der Waals surface area contributed by atoms with Crippen LogP contribution >= 0.6 is 11.5 Å². The Morgan fingerprint density at radius 1 is 1.57 bits per heavy atom. The molecular weight excluding hydrogens is 196 g/mol. The molecule has 0 saturated carbocycles. The molecule has 0 aliphatic carbocycles. The first-order chi connectivity index (χ1) is 6.91. The maximum absolute atomic E-state index is 5.63. The lowest BCUT2D eigenvalue weighted by Gasteiger charge is -2.39. The van der Waals surface area contributed by atoms with Gasteiger partial charge in [0.05, 0.1) is 6.61 Å². The van der Waals surface area contributed by atoms with Gasteiger partial charge in [-0.05, 0) is 24.4 Å². The zero-order valence-corrected chi connectivity index (χ0v) is 8.90. The van der Waals surface area contributed by atoms with Gasteiger partial charge in [0.2, 0.25) is 0 Å². The number of ether oxygens (including phenoxy) is 1. The summed E-state index contributed by atoms with van der Waals surface area (Å²) < 4.78 is 9.93. The standard InChI is InChI=1S/C10H14N2OS/c1-2-10(7-13-3-1)6-11-4-8-5-12-14-9(8)10/h5,11H,1-4,6-7H2. The summed E-state index contributed by atoms with van der Waals surface area (Å²) in [5.41, 5.74) is 1.62. The van der Waals surface area contributed by atoms with Crippen LogP contribution in [0.4, 0.5) is 0 Å². The van der Waals surface area contributed by atoms with Crippen molar-refractivity contribution in [3.05, 3.63) is 16.6 Å². The van der Waals surface area contributed by atoms with E-state index in [4.69, 9.17) is 4.74 Å². The Balaban J connectivity index is 2.01. The molecule has 1 fully saturated rings. The van der Waals surface area contributed by atoms with Crippen molar-refractivity contribution in [2.24, 2.45) is 0 Å². The number of hydrogen-bond donors (Lipinski definition) is 1. The van der Waals surface area contributed by atoms with Crippen LogP contribution in [-0.4, -0.2) is 24.1 Å². The van der Waals surface area contributed by atoms with Crippen LogP contribution in [0.5, 0.6) is 0 Å². The van der Waals surface area contributed by atoms with E-state index >= 15 is 0 Å². The molecule has 4 heteroatoms. The summed E-state index contributed by atoms with van der Waals surface area (Å²) in [6, 6.07) is 0. The van der Waals surface area contributed by atoms with Gasteiger partial charge in [-0.3, -0.25) is 0 Å². The van der Waals surface area contributed by atoms with Crippen LogP contribution < -0.4 is 5.32 Å². The van der Waals surface area contributed by atoms with E-state index in [1.807, 2.05) is 6.20 Å². The highest BCUT2D eigenvalue weighted by Crippen LogP contribution is 2.39. The van der Waals surface area contributed by atoms with E-state index in [1.165, 1.54) is 23.3 Å². The molecule has 2 aliphatic heterocycles. The predicted molar refractivity (Wildman–Crippen MR) is 55.6 cm³/mol. The Morgan fingerprint density at radius 3 is 3.43 bits per heavy atom. The molecule has 1 aromatic rings. The van der Waals surface area contributed by atoms with E-state index < -0.39 is 0 Å². The van der Waals surface area contributed by atoms with E-state index in [2.05, 4.69) is 9.69 Å². The Hall–Kier alpha value is -0.450. The molecule has 1 N–H and O–H groups in total. The Kier molecular flexibility index (Phi) is 2.08. The lowest BCUT2D eigenvalue weighted by molar-refractivity contribution is 0.0325. The van der Waals surface area contributed by atoms with Gasteiger partial charge in [-0.15, -0.1) is 0 Å². The molecule has 14 heavy (non-hydrogen) atoms. The van der Waals surface area contributed by atoms with Crippen LogP contribution in [0, 0.1) is 0 Å². The molecule has 0 radical (unpaired) electrons. The number of nitrogens with zero attached hydrogens (tertiary/aromatic N) is 1. The Labute approximate surface area is 87.6 Å². The first kappa shape index (κ1) is 8.83. The minimum absolute atomic E-state index is 0.243. The van der Waals surface area contributed by atoms with Gasteiger partial charge in [-0.2, -0.15) is 0 Å². The minimum atomic E-state index is 0.243. The second-order valence-electron chi connectivity index (χ2n) is 4.22. The van der Waals surface area contributed by atoms with Crippen molar-refractivity contribution in [1.82, 2.24) is 9.69 Å². The SMILES string of the molecule is c1nsc2c1CNCC21CCCOC1. The number of aromatic nitrogens is 1. The smallest absolute Gasteiger partial charge is 0.0583 e. The fourth-order valence-corrected chi connectivity index (χ4v) is 3.47. The topological polar surface area (TPSA) is 34.2 Å². The lowest BCUT2D eigenvalue weighted by Crippen LogP contribution is -2.47. The van der Waals surface area contributed by atoms with Crippen molar-refractivity contribution in [2.75, 3.05) is 19.8 Å². The van der Waals surface area contributed by atoms with Crippen LogP contribution in [0.3, 0.4) is 0 Å². The molecule has 0 aromatic carbocycles. The van der Waals surface area contributed by atoms with Gasteiger partial charge >= 0.3 is 0 Å². The number of nitrogens with one attached hydrogen (secondary N) is 1. The third kappa shape index (κ3) is 1.21.